The Balaban J connectivity index is 2.46. The largest absolute Gasteiger partial charge is 0.478 e. The van der Waals surface area contributed by atoms with E-state index in [4.69, 9.17) is 0 Å². The average Bonchev–Trinajstić information content (AvgIpc) is 2.69. The van der Waals surface area contributed by atoms with Gasteiger partial charge in [-0.15, -0.1) is 0 Å². The third-order valence-corrected chi connectivity index (χ3v) is 3.59. The van der Waals surface area contributed by atoms with Crippen molar-refractivity contribution >= 4 is 17.3 Å². The molecule has 0 fully saturated rings. The maximum absolute atomic E-state index is 11.3. The van der Waals surface area contributed by atoms with Crippen molar-refractivity contribution in [3.63, 3.8) is 0 Å². The molecule has 0 heterocycles. The lowest BCUT2D eigenvalue weighted by molar-refractivity contribution is -0.385. The van der Waals surface area contributed by atoms with Crippen LogP contribution in [0, 0.1) is 24.0 Å². The molecule has 1 aliphatic rings. The molecule has 2 N–H and O–H groups in total. The molecule has 0 spiro atoms. The maximum atomic E-state index is 11.3. The lowest BCUT2D eigenvalue weighted by Crippen LogP contribution is -2.09. The van der Waals surface area contributed by atoms with Crippen molar-refractivity contribution in [1.29, 1.82) is 0 Å². The number of nitrogens with one attached hydrogen (secondary N) is 1. The molecule has 0 saturated carbocycles. The smallest absolute Gasteiger partial charge is 0.337 e. The van der Waals surface area contributed by atoms with Crippen LogP contribution in [-0.2, 0) is 4.79 Å². The molecule has 0 atom stereocenters. The van der Waals surface area contributed by atoms with Crippen LogP contribution in [0.3, 0.4) is 0 Å². The summed E-state index contributed by atoms with van der Waals surface area (Å²) in [5.74, 6) is -1.03. The van der Waals surface area contributed by atoms with Crippen molar-refractivity contribution in [1.82, 2.24) is 0 Å². The summed E-state index contributed by atoms with van der Waals surface area (Å²) in [6, 6.07) is 3.01. The number of nitro benzene ring substituents is 1. The maximum Gasteiger partial charge on any atom is 0.337 e. The third-order valence-electron chi connectivity index (χ3n) is 3.59. The highest BCUT2D eigenvalue weighted by Gasteiger charge is 2.17. The van der Waals surface area contributed by atoms with Crippen LogP contribution in [0.15, 0.2) is 47.7 Å². The molecule has 1 aromatic rings. The molecule has 0 saturated heterocycles. The van der Waals surface area contributed by atoms with Crippen LogP contribution in [0.1, 0.15) is 17.5 Å². The summed E-state index contributed by atoms with van der Waals surface area (Å²) in [6.07, 6.45) is 7.53. The van der Waals surface area contributed by atoms with Gasteiger partial charge in [0.25, 0.3) is 5.69 Å². The molecule has 0 radical (unpaired) electrons. The average molecular weight is 300 g/mol. The topological polar surface area (TPSA) is 92.5 Å². The van der Waals surface area contributed by atoms with Gasteiger partial charge in [-0.1, -0.05) is 12.2 Å². The first-order valence-electron chi connectivity index (χ1n) is 6.74. The molecule has 1 aromatic carbocycles. The Morgan fingerprint density at radius 3 is 2.55 bits per heavy atom. The number of carbonyl (C=O) groups is 1. The minimum absolute atomic E-state index is 0.0480. The number of anilines is 1. The van der Waals surface area contributed by atoms with Crippen molar-refractivity contribution in [2.24, 2.45) is 0 Å². The monoisotopic (exact) mass is 300 g/mol. The Morgan fingerprint density at radius 1 is 1.23 bits per heavy atom. The van der Waals surface area contributed by atoms with E-state index in [9.17, 15) is 20.0 Å². The second kappa shape index (κ2) is 6.26. The predicted octanol–water partition coefficient (Wildman–Crippen LogP) is 3.48. The SMILES string of the molecule is Cc1c(NC2=C(C(=O)O)C=CCC=C2)ccc([N+](=O)[O-])c1C. The Kier molecular flexibility index (Phi) is 4.41. The number of rotatable bonds is 4. The first kappa shape index (κ1) is 15.5. The number of allylic oxidation sites excluding steroid dienone is 3. The van der Waals surface area contributed by atoms with E-state index in [0.717, 1.165) is 0 Å². The number of aliphatic carboxylic acids is 1. The van der Waals surface area contributed by atoms with Gasteiger partial charge in [0.1, 0.15) is 0 Å². The molecule has 0 bridgehead atoms. The second-order valence-electron chi connectivity index (χ2n) is 4.94. The summed E-state index contributed by atoms with van der Waals surface area (Å²) >= 11 is 0. The molecular weight excluding hydrogens is 284 g/mol. The van der Waals surface area contributed by atoms with Gasteiger partial charge < -0.3 is 10.4 Å². The highest BCUT2D eigenvalue weighted by atomic mass is 16.6. The van der Waals surface area contributed by atoms with E-state index < -0.39 is 10.9 Å². The van der Waals surface area contributed by atoms with Gasteiger partial charge in [0.2, 0.25) is 0 Å². The minimum atomic E-state index is -1.03. The van der Waals surface area contributed by atoms with E-state index >= 15 is 0 Å². The fraction of sp³-hybridized carbons (Fsp3) is 0.188. The molecule has 22 heavy (non-hydrogen) atoms. The lowest BCUT2D eigenvalue weighted by atomic mass is 10.1. The second-order valence-corrected chi connectivity index (χ2v) is 4.94. The highest BCUT2D eigenvalue weighted by molar-refractivity contribution is 5.92. The van der Waals surface area contributed by atoms with Gasteiger partial charge in [0.15, 0.2) is 0 Å². The summed E-state index contributed by atoms with van der Waals surface area (Å²) in [5, 5.41) is 23.3. The Bertz CT molecular complexity index is 730. The Morgan fingerprint density at radius 2 is 1.91 bits per heavy atom. The highest BCUT2D eigenvalue weighted by Crippen LogP contribution is 2.29. The number of hydrogen-bond acceptors (Lipinski definition) is 4. The summed E-state index contributed by atoms with van der Waals surface area (Å²) < 4.78 is 0. The zero-order chi connectivity index (χ0) is 16.3. The number of carboxylic acid groups (broad SMARTS) is 1. The van der Waals surface area contributed by atoms with E-state index in [2.05, 4.69) is 5.32 Å². The number of carboxylic acids is 1. The van der Waals surface area contributed by atoms with Crippen molar-refractivity contribution in [2.45, 2.75) is 20.3 Å². The zero-order valence-corrected chi connectivity index (χ0v) is 12.3. The number of hydrogen-bond donors (Lipinski definition) is 2. The van der Waals surface area contributed by atoms with Gasteiger partial charge in [-0.25, -0.2) is 4.79 Å². The van der Waals surface area contributed by atoms with Gasteiger partial charge in [-0.3, -0.25) is 10.1 Å². The first-order chi connectivity index (χ1) is 10.4. The standard InChI is InChI=1S/C16H16N2O4/c1-10-11(2)15(18(21)22)9-8-13(10)17-14-7-5-3-4-6-12(14)16(19)20/h4-9,17H,3H2,1-2H3,(H,19,20). The third kappa shape index (κ3) is 3.06. The Hall–Kier alpha value is -2.89. The minimum Gasteiger partial charge on any atom is -0.478 e. The van der Waals surface area contributed by atoms with Crippen LogP contribution in [0.25, 0.3) is 0 Å². The van der Waals surface area contributed by atoms with Gasteiger partial charge in [-0.2, -0.15) is 0 Å². The van der Waals surface area contributed by atoms with Crippen LogP contribution in [-0.4, -0.2) is 16.0 Å². The van der Waals surface area contributed by atoms with E-state index in [0.29, 0.717) is 28.9 Å². The fourth-order valence-electron chi connectivity index (χ4n) is 2.21. The fourth-order valence-corrected chi connectivity index (χ4v) is 2.21. The molecule has 0 aromatic heterocycles. The van der Waals surface area contributed by atoms with Crippen molar-refractivity contribution in [2.75, 3.05) is 5.32 Å². The number of benzene rings is 1. The van der Waals surface area contributed by atoms with Crippen LogP contribution < -0.4 is 5.32 Å². The normalized spacial score (nSPS) is 13.9. The van der Waals surface area contributed by atoms with E-state index in [-0.39, 0.29) is 11.3 Å². The molecule has 0 aliphatic heterocycles. The van der Waals surface area contributed by atoms with Crippen LogP contribution in [0.2, 0.25) is 0 Å². The van der Waals surface area contributed by atoms with Crippen LogP contribution in [0.4, 0.5) is 11.4 Å². The summed E-state index contributed by atoms with van der Waals surface area (Å²) in [7, 11) is 0. The summed E-state index contributed by atoms with van der Waals surface area (Å²) in [5.41, 5.74) is 2.58. The molecule has 6 heteroatoms. The summed E-state index contributed by atoms with van der Waals surface area (Å²) in [6.45, 7) is 3.44. The summed E-state index contributed by atoms with van der Waals surface area (Å²) in [4.78, 5) is 21.8. The molecule has 6 nitrogen and oxygen atoms in total. The quantitative estimate of drug-likeness (QED) is 0.656. The van der Waals surface area contributed by atoms with Gasteiger partial charge in [0.05, 0.1) is 16.2 Å². The van der Waals surface area contributed by atoms with E-state index in [1.165, 1.54) is 6.07 Å². The predicted molar refractivity (Wildman–Crippen MR) is 83.8 cm³/mol. The number of nitro groups is 1. The van der Waals surface area contributed by atoms with E-state index in [1.54, 1.807) is 38.1 Å². The molecular formula is C16H16N2O4. The molecule has 0 unspecified atom stereocenters. The molecule has 1 aliphatic carbocycles. The van der Waals surface area contributed by atoms with Crippen LogP contribution >= 0.6 is 0 Å². The van der Waals surface area contributed by atoms with Crippen molar-refractivity contribution in [3.05, 3.63) is 68.9 Å². The van der Waals surface area contributed by atoms with Gasteiger partial charge in [-0.05, 0) is 44.1 Å². The van der Waals surface area contributed by atoms with Crippen LogP contribution in [0.5, 0.6) is 0 Å². The van der Waals surface area contributed by atoms with Crippen molar-refractivity contribution < 1.29 is 14.8 Å². The van der Waals surface area contributed by atoms with Gasteiger partial charge >= 0.3 is 5.97 Å². The Labute approximate surface area is 127 Å². The molecule has 0 amide bonds. The van der Waals surface area contributed by atoms with E-state index in [1.807, 2.05) is 6.08 Å². The zero-order valence-electron chi connectivity index (χ0n) is 12.3. The molecule has 114 valence electrons. The molecule has 2 rings (SSSR count). The van der Waals surface area contributed by atoms with Gasteiger partial charge in [0, 0.05) is 17.3 Å². The van der Waals surface area contributed by atoms with Crippen molar-refractivity contribution in [3.8, 4) is 0 Å². The first-order valence-corrected chi connectivity index (χ1v) is 6.74. The lowest BCUT2D eigenvalue weighted by Gasteiger charge is -2.13. The number of nitrogens with zero attached hydrogens (tertiary/aromatic N) is 1.